The molecule has 3 aromatic rings. The SMILES string of the molecule is COc1cc(-c2nnc(SCC(=O)Nc3ccc(F)c(Cl)c3)n2N)cc(OC)c1OC. The highest BCUT2D eigenvalue weighted by Gasteiger charge is 2.19. The van der Waals surface area contributed by atoms with Crippen molar-refractivity contribution >= 4 is 35.0 Å². The molecule has 0 fully saturated rings. The lowest BCUT2D eigenvalue weighted by molar-refractivity contribution is -0.113. The number of carbonyl (C=O) groups is 1. The fourth-order valence-electron chi connectivity index (χ4n) is 2.68. The van der Waals surface area contributed by atoms with Crippen LogP contribution in [0.3, 0.4) is 0 Å². The van der Waals surface area contributed by atoms with Crippen molar-refractivity contribution in [3.8, 4) is 28.6 Å². The molecule has 0 aliphatic carbocycles. The third-order valence-corrected chi connectivity index (χ3v) is 5.36. The molecule has 2 aromatic carbocycles. The number of nitrogens with zero attached hydrogens (tertiary/aromatic N) is 3. The molecule has 3 N–H and O–H groups in total. The molecule has 9 nitrogen and oxygen atoms in total. The average molecular weight is 468 g/mol. The standard InChI is InChI=1S/C19H19ClFN5O4S/c1-28-14-6-10(7-15(29-2)17(14)30-3)18-24-25-19(26(18)22)31-9-16(27)23-11-4-5-13(21)12(20)8-11/h4-8H,9,22H2,1-3H3,(H,23,27). The summed E-state index contributed by atoms with van der Waals surface area (Å²) in [5.74, 6) is 6.87. The molecule has 1 heterocycles. The van der Waals surface area contributed by atoms with Crippen LogP contribution >= 0.6 is 23.4 Å². The Bertz CT molecular complexity index is 1090. The number of nitrogens with two attached hydrogens (primary N) is 1. The fraction of sp³-hybridized carbons (Fsp3) is 0.211. The molecule has 3 rings (SSSR count). The Balaban J connectivity index is 1.74. The first-order valence-electron chi connectivity index (χ1n) is 8.76. The lowest BCUT2D eigenvalue weighted by atomic mass is 10.1. The van der Waals surface area contributed by atoms with E-state index in [1.54, 1.807) is 12.1 Å². The third-order valence-electron chi connectivity index (χ3n) is 4.12. The molecule has 12 heteroatoms. The highest BCUT2D eigenvalue weighted by Crippen LogP contribution is 2.40. The number of hydrogen-bond acceptors (Lipinski definition) is 8. The van der Waals surface area contributed by atoms with Crippen LogP contribution in [0.15, 0.2) is 35.5 Å². The topological polar surface area (TPSA) is 114 Å². The number of anilines is 1. The Hall–Kier alpha value is -3.18. The Morgan fingerprint density at radius 1 is 1.16 bits per heavy atom. The summed E-state index contributed by atoms with van der Waals surface area (Å²) in [5, 5.41) is 11.0. The third kappa shape index (κ3) is 4.94. The number of thioether (sulfide) groups is 1. The van der Waals surface area contributed by atoms with E-state index in [0.29, 0.717) is 39.5 Å². The van der Waals surface area contributed by atoms with Gasteiger partial charge in [0, 0.05) is 11.3 Å². The van der Waals surface area contributed by atoms with E-state index in [-0.39, 0.29) is 16.7 Å². The number of rotatable bonds is 8. The van der Waals surface area contributed by atoms with Gasteiger partial charge in [-0.05, 0) is 30.3 Å². The van der Waals surface area contributed by atoms with Crippen LogP contribution in [-0.2, 0) is 4.79 Å². The molecule has 0 aliphatic heterocycles. The van der Waals surface area contributed by atoms with Gasteiger partial charge in [-0.3, -0.25) is 4.79 Å². The van der Waals surface area contributed by atoms with Crippen molar-refractivity contribution < 1.29 is 23.4 Å². The van der Waals surface area contributed by atoms with Crippen LogP contribution in [0.1, 0.15) is 0 Å². The number of halogens is 2. The maximum atomic E-state index is 13.2. The molecule has 164 valence electrons. The predicted molar refractivity (Wildman–Crippen MR) is 116 cm³/mol. The lowest BCUT2D eigenvalue weighted by Crippen LogP contribution is -2.16. The Labute approximate surface area is 186 Å². The van der Waals surface area contributed by atoms with Gasteiger partial charge in [0.15, 0.2) is 17.3 Å². The molecule has 1 aromatic heterocycles. The van der Waals surface area contributed by atoms with E-state index in [4.69, 9.17) is 31.7 Å². The highest BCUT2D eigenvalue weighted by atomic mass is 35.5. The van der Waals surface area contributed by atoms with Crippen molar-refractivity contribution in [1.29, 1.82) is 0 Å². The minimum Gasteiger partial charge on any atom is -0.493 e. The maximum Gasteiger partial charge on any atom is 0.234 e. The molecule has 0 atom stereocenters. The molecule has 0 saturated heterocycles. The largest absolute Gasteiger partial charge is 0.493 e. The number of aromatic nitrogens is 3. The van der Waals surface area contributed by atoms with Gasteiger partial charge < -0.3 is 25.4 Å². The zero-order valence-electron chi connectivity index (χ0n) is 16.8. The summed E-state index contributed by atoms with van der Waals surface area (Å²) in [6.07, 6.45) is 0. The summed E-state index contributed by atoms with van der Waals surface area (Å²) in [4.78, 5) is 12.2. The van der Waals surface area contributed by atoms with Crippen LogP contribution in [0.4, 0.5) is 10.1 Å². The first-order valence-corrected chi connectivity index (χ1v) is 10.1. The second-order valence-corrected chi connectivity index (χ2v) is 7.41. The number of amides is 1. The summed E-state index contributed by atoms with van der Waals surface area (Å²) in [6, 6.07) is 7.29. The average Bonchev–Trinajstić information content (AvgIpc) is 3.14. The first-order chi connectivity index (χ1) is 14.9. The fourth-order valence-corrected chi connectivity index (χ4v) is 3.52. The van der Waals surface area contributed by atoms with Crippen LogP contribution in [0, 0.1) is 5.82 Å². The van der Waals surface area contributed by atoms with Crippen molar-refractivity contribution in [3.63, 3.8) is 0 Å². The Kier molecular flexibility index (Phi) is 7.08. The van der Waals surface area contributed by atoms with Crippen LogP contribution in [0.5, 0.6) is 17.2 Å². The summed E-state index contributed by atoms with van der Waals surface area (Å²) in [6.45, 7) is 0. The summed E-state index contributed by atoms with van der Waals surface area (Å²) in [7, 11) is 4.51. The van der Waals surface area contributed by atoms with Gasteiger partial charge in [-0.25, -0.2) is 9.07 Å². The van der Waals surface area contributed by atoms with Gasteiger partial charge in [0.1, 0.15) is 5.82 Å². The van der Waals surface area contributed by atoms with Crippen molar-refractivity contribution in [1.82, 2.24) is 14.9 Å². The molecule has 0 spiro atoms. The predicted octanol–water partition coefficient (Wildman–Crippen LogP) is 3.21. The van der Waals surface area contributed by atoms with E-state index in [2.05, 4.69) is 15.5 Å². The van der Waals surface area contributed by atoms with Gasteiger partial charge >= 0.3 is 0 Å². The Morgan fingerprint density at radius 2 is 1.84 bits per heavy atom. The number of ether oxygens (including phenoxy) is 3. The molecule has 0 bridgehead atoms. The number of nitrogens with one attached hydrogen (secondary N) is 1. The molecule has 0 unspecified atom stereocenters. The van der Waals surface area contributed by atoms with Crippen molar-refractivity contribution in [3.05, 3.63) is 41.2 Å². The smallest absolute Gasteiger partial charge is 0.234 e. The van der Waals surface area contributed by atoms with Gasteiger partial charge in [0.05, 0.1) is 32.1 Å². The monoisotopic (exact) mass is 467 g/mol. The lowest BCUT2D eigenvalue weighted by Gasteiger charge is -2.13. The molecule has 0 radical (unpaired) electrons. The van der Waals surface area contributed by atoms with Crippen molar-refractivity contribution in [2.24, 2.45) is 0 Å². The molecule has 1 amide bonds. The number of benzene rings is 2. The van der Waals surface area contributed by atoms with Crippen LogP contribution < -0.4 is 25.4 Å². The van der Waals surface area contributed by atoms with Gasteiger partial charge in [-0.1, -0.05) is 23.4 Å². The molecule has 0 aliphatic rings. The zero-order chi connectivity index (χ0) is 22.5. The van der Waals surface area contributed by atoms with Crippen LogP contribution in [0.2, 0.25) is 5.02 Å². The minimum absolute atomic E-state index is 0.000413. The maximum absolute atomic E-state index is 13.2. The summed E-state index contributed by atoms with van der Waals surface area (Å²) in [5.41, 5.74) is 0.964. The van der Waals surface area contributed by atoms with Crippen molar-refractivity contribution in [2.75, 3.05) is 38.2 Å². The number of carbonyl (C=O) groups excluding carboxylic acids is 1. The minimum atomic E-state index is -0.565. The molecule has 0 saturated carbocycles. The molecular weight excluding hydrogens is 449 g/mol. The van der Waals surface area contributed by atoms with E-state index in [0.717, 1.165) is 11.8 Å². The molecular formula is C19H19ClFN5O4S. The van der Waals surface area contributed by atoms with Crippen molar-refractivity contribution in [2.45, 2.75) is 5.16 Å². The number of methoxy groups -OCH3 is 3. The van der Waals surface area contributed by atoms with Crippen LogP contribution in [0.25, 0.3) is 11.4 Å². The quantitative estimate of drug-likeness (QED) is 0.383. The molecule has 31 heavy (non-hydrogen) atoms. The van der Waals surface area contributed by atoms with Gasteiger partial charge in [0.25, 0.3) is 0 Å². The zero-order valence-corrected chi connectivity index (χ0v) is 18.4. The van der Waals surface area contributed by atoms with Gasteiger partial charge in [0.2, 0.25) is 16.8 Å². The second kappa shape index (κ2) is 9.75. The van der Waals surface area contributed by atoms with Gasteiger partial charge in [-0.2, -0.15) is 0 Å². The van der Waals surface area contributed by atoms with E-state index >= 15 is 0 Å². The number of hydrogen-bond donors (Lipinski definition) is 2. The normalized spacial score (nSPS) is 10.6. The summed E-state index contributed by atoms with van der Waals surface area (Å²) >= 11 is 6.80. The van der Waals surface area contributed by atoms with E-state index < -0.39 is 5.82 Å². The number of nitrogen functional groups attached to an aromatic ring is 1. The van der Waals surface area contributed by atoms with Crippen LogP contribution in [-0.4, -0.2) is 47.9 Å². The Morgan fingerprint density at radius 3 is 2.42 bits per heavy atom. The summed E-state index contributed by atoms with van der Waals surface area (Å²) < 4.78 is 30.5. The second-order valence-electron chi connectivity index (χ2n) is 6.06. The highest BCUT2D eigenvalue weighted by molar-refractivity contribution is 7.99. The first kappa shape index (κ1) is 22.5. The van der Waals surface area contributed by atoms with E-state index in [9.17, 15) is 9.18 Å². The van der Waals surface area contributed by atoms with Gasteiger partial charge in [-0.15, -0.1) is 10.2 Å². The van der Waals surface area contributed by atoms with E-state index in [1.165, 1.54) is 44.2 Å². The van der Waals surface area contributed by atoms with E-state index in [1.807, 2.05) is 0 Å².